The van der Waals surface area contributed by atoms with E-state index in [9.17, 15) is 14.4 Å². The quantitative estimate of drug-likeness (QED) is 0.741. The Morgan fingerprint density at radius 1 is 1.33 bits per heavy atom. The molecule has 7 nitrogen and oxygen atoms in total. The van der Waals surface area contributed by atoms with Crippen molar-refractivity contribution in [3.05, 3.63) is 51.7 Å². The first kappa shape index (κ1) is 14.6. The summed E-state index contributed by atoms with van der Waals surface area (Å²) < 4.78 is 4.94. The van der Waals surface area contributed by atoms with Gasteiger partial charge in [0, 0.05) is 30.4 Å². The molecule has 0 radical (unpaired) electrons. The van der Waals surface area contributed by atoms with E-state index >= 15 is 0 Å². The lowest BCUT2D eigenvalue weighted by atomic mass is 10.2. The van der Waals surface area contributed by atoms with Gasteiger partial charge < -0.3 is 20.0 Å². The Hall–Kier alpha value is -2.83. The minimum atomic E-state index is -0.596. The summed E-state index contributed by atoms with van der Waals surface area (Å²) in [6, 6.07) is 1.25. The van der Waals surface area contributed by atoms with Crippen LogP contribution in [-0.2, 0) is 4.74 Å². The Morgan fingerprint density at radius 2 is 2.10 bits per heavy atom. The van der Waals surface area contributed by atoms with Crippen LogP contribution in [0.2, 0.25) is 0 Å². The summed E-state index contributed by atoms with van der Waals surface area (Å²) >= 11 is 0. The van der Waals surface area contributed by atoms with Gasteiger partial charge in [0.25, 0.3) is 5.91 Å². The molecule has 2 rings (SSSR count). The first-order valence-electron chi connectivity index (χ1n) is 6.38. The first-order valence-corrected chi connectivity index (χ1v) is 6.38. The lowest BCUT2D eigenvalue weighted by Crippen LogP contribution is -2.21. The molecule has 0 fully saturated rings. The minimum Gasteiger partial charge on any atom is -0.462 e. The average Bonchev–Trinajstić information content (AvgIpc) is 2.80. The summed E-state index contributed by atoms with van der Waals surface area (Å²) in [5.41, 5.74) is 0.657. The van der Waals surface area contributed by atoms with E-state index in [-0.39, 0.29) is 23.4 Å². The molecule has 0 saturated carbocycles. The molecule has 21 heavy (non-hydrogen) atoms. The summed E-state index contributed by atoms with van der Waals surface area (Å²) in [7, 11) is 0. The van der Waals surface area contributed by atoms with Crippen LogP contribution in [0.1, 0.15) is 33.3 Å². The van der Waals surface area contributed by atoms with Crippen LogP contribution in [0.15, 0.2) is 29.5 Å². The summed E-state index contributed by atoms with van der Waals surface area (Å²) in [6.07, 6.45) is 4.22. The minimum absolute atomic E-state index is 0.0360. The van der Waals surface area contributed by atoms with E-state index in [1.807, 2.05) is 0 Å². The lowest BCUT2D eigenvalue weighted by molar-refractivity contribution is 0.0527. The van der Waals surface area contributed by atoms with Gasteiger partial charge in [-0.05, 0) is 13.8 Å². The molecule has 2 aromatic heterocycles. The van der Waals surface area contributed by atoms with Gasteiger partial charge in [0.2, 0.25) is 0 Å². The van der Waals surface area contributed by atoms with Crippen LogP contribution in [0.4, 0.5) is 5.69 Å². The SMILES string of the molecule is CCOC(=O)c1c(NC(=O)c2c[nH]ccc2=O)c[nH]c1C. The molecule has 0 aliphatic rings. The van der Waals surface area contributed by atoms with Gasteiger partial charge >= 0.3 is 5.97 Å². The van der Waals surface area contributed by atoms with E-state index in [1.54, 1.807) is 13.8 Å². The third-order valence-corrected chi connectivity index (χ3v) is 2.87. The highest BCUT2D eigenvalue weighted by atomic mass is 16.5. The molecule has 0 atom stereocenters. The fraction of sp³-hybridized carbons (Fsp3) is 0.214. The molecule has 0 spiro atoms. The van der Waals surface area contributed by atoms with Crippen LogP contribution in [-0.4, -0.2) is 28.5 Å². The van der Waals surface area contributed by atoms with Gasteiger partial charge in [-0.1, -0.05) is 0 Å². The van der Waals surface area contributed by atoms with Crippen molar-refractivity contribution in [2.75, 3.05) is 11.9 Å². The number of aromatic nitrogens is 2. The van der Waals surface area contributed by atoms with Gasteiger partial charge in [-0.2, -0.15) is 0 Å². The van der Waals surface area contributed by atoms with Crippen molar-refractivity contribution in [2.24, 2.45) is 0 Å². The Balaban J connectivity index is 2.29. The largest absolute Gasteiger partial charge is 0.462 e. The van der Waals surface area contributed by atoms with E-state index in [0.717, 1.165) is 0 Å². The van der Waals surface area contributed by atoms with Gasteiger partial charge in [0.05, 0.1) is 12.3 Å². The third-order valence-electron chi connectivity index (χ3n) is 2.87. The van der Waals surface area contributed by atoms with Gasteiger partial charge in [0.1, 0.15) is 11.1 Å². The number of ether oxygens (including phenoxy) is 1. The van der Waals surface area contributed by atoms with Crippen molar-refractivity contribution in [3.63, 3.8) is 0 Å². The number of esters is 1. The second-order valence-electron chi connectivity index (χ2n) is 4.30. The zero-order valence-corrected chi connectivity index (χ0v) is 11.6. The van der Waals surface area contributed by atoms with E-state index < -0.39 is 17.3 Å². The molecule has 0 aliphatic carbocycles. The fourth-order valence-corrected chi connectivity index (χ4v) is 1.87. The number of nitrogens with one attached hydrogen (secondary N) is 3. The normalized spacial score (nSPS) is 10.2. The van der Waals surface area contributed by atoms with Gasteiger partial charge in [0.15, 0.2) is 5.43 Å². The standard InChI is InChI=1S/C14H15N3O4/c1-3-21-14(20)12-8(2)16-7-10(12)17-13(19)9-6-15-5-4-11(9)18/h4-7,16H,3H2,1-2H3,(H,15,18)(H,17,19). The maximum Gasteiger partial charge on any atom is 0.342 e. The fourth-order valence-electron chi connectivity index (χ4n) is 1.87. The molecule has 0 aromatic carbocycles. The number of carbonyl (C=O) groups is 2. The molecule has 3 N–H and O–H groups in total. The van der Waals surface area contributed by atoms with E-state index in [1.165, 1.54) is 24.7 Å². The number of anilines is 1. The Labute approximate surface area is 120 Å². The molecule has 1 amide bonds. The van der Waals surface area contributed by atoms with Crippen LogP contribution in [0.3, 0.4) is 0 Å². The molecule has 0 bridgehead atoms. The van der Waals surface area contributed by atoms with Crippen molar-refractivity contribution in [1.82, 2.24) is 9.97 Å². The topological polar surface area (TPSA) is 104 Å². The number of rotatable bonds is 4. The van der Waals surface area contributed by atoms with Gasteiger partial charge in [-0.3, -0.25) is 9.59 Å². The molecule has 0 aliphatic heterocycles. The number of amides is 1. The van der Waals surface area contributed by atoms with E-state index in [2.05, 4.69) is 15.3 Å². The van der Waals surface area contributed by atoms with Crippen molar-refractivity contribution in [3.8, 4) is 0 Å². The molecule has 7 heteroatoms. The van der Waals surface area contributed by atoms with Crippen molar-refractivity contribution < 1.29 is 14.3 Å². The monoisotopic (exact) mass is 289 g/mol. The molecular formula is C14H15N3O4. The highest BCUT2D eigenvalue weighted by Crippen LogP contribution is 2.20. The Bertz CT molecular complexity index is 730. The Morgan fingerprint density at radius 3 is 2.76 bits per heavy atom. The third kappa shape index (κ3) is 3.02. The molecule has 0 saturated heterocycles. The number of aryl methyl sites for hydroxylation is 1. The van der Waals surface area contributed by atoms with E-state index in [0.29, 0.717) is 5.69 Å². The molecule has 2 aromatic rings. The predicted octanol–water partition coefficient (Wildman–Crippen LogP) is 1.44. The van der Waals surface area contributed by atoms with Crippen LogP contribution in [0, 0.1) is 6.92 Å². The van der Waals surface area contributed by atoms with Gasteiger partial charge in [-0.15, -0.1) is 0 Å². The zero-order valence-electron chi connectivity index (χ0n) is 11.6. The summed E-state index contributed by atoms with van der Waals surface area (Å²) in [6.45, 7) is 3.62. The van der Waals surface area contributed by atoms with Crippen LogP contribution in [0.25, 0.3) is 0 Å². The smallest absolute Gasteiger partial charge is 0.342 e. The number of H-pyrrole nitrogens is 2. The Kier molecular flexibility index (Phi) is 4.22. The van der Waals surface area contributed by atoms with Crippen LogP contribution in [0.5, 0.6) is 0 Å². The molecule has 110 valence electrons. The summed E-state index contributed by atoms with van der Waals surface area (Å²) in [5, 5.41) is 2.54. The first-order chi connectivity index (χ1) is 10.0. The number of hydrogen-bond acceptors (Lipinski definition) is 4. The average molecular weight is 289 g/mol. The lowest BCUT2D eigenvalue weighted by Gasteiger charge is -2.06. The summed E-state index contributed by atoms with van der Waals surface area (Å²) in [5.74, 6) is -1.13. The van der Waals surface area contributed by atoms with Crippen molar-refractivity contribution in [1.29, 1.82) is 0 Å². The second-order valence-corrected chi connectivity index (χ2v) is 4.30. The van der Waals surface area contributed by atoms with Crippen LogP contribution >= 0.6 is 0 Å². The van der Waals surface area contributed by atoms with Crippen LogP contribution < -0.4 is 10.7 Å². The molecule has 2 heterocycles. The molecule has 0 unspecified atom stereocenters. The maximum absolute atomic E-state index is 12.1. The zero-order chi connectivity index (χ0) is 15.4. The predicted molar refractivity (Wildman–Crippen MR) is 76.5 cm³/mol. The summed E-state index contributed by atoms with van der Waals surface area (Å²) in [4.78, 5) is 41.1. The highest BCUT2D eigenvalue weighted by molar-refractivity contribution is 6.08. The number of carbonyl (C=O) groups excluding carboxylic acids is 2. The number of hydrogen-bond donors (Lipinski definition) is 3. The maximum atomic E-state index is 12.1. The molecular weight excluding hydrogens is 274 g/mol. The second kappa shape index (κ2) is 6.08. The number of pyridine rings is 1. The van der Waals surface area contributed by atoms with E-state index in [4.69, 9.17) is 4.74 Å². The van der Waals surface area contributed by atoms with Crippen molar-refractivity contribution in [2.45, 2.75) is 13.8 Å². The van der Waals surface area contributed by atoms with Crippen molar-refractivity contribution >= 4 is 17.6 Å². The van der Waals surface area contributed by atoms with Gasteiger partial charge in [-0.25, -0.2) is 4.79 Å². The number of aromatic amines is 2. The highest BCUT2D eigenvalue weighted by Gasteiger charge is 2.20.